The molecule has 0 unspecified atom stereocenters. The van der Waals surface area contributed by atoms with Crippen LogP contribution in [0.5, 0.6) is 0 Å². The van der Waals surface area contributed by atoms with Crippen molar-refractivity contribution >= 4 is 60.4 Å². The van der Waals surface area contributed by atoms with Crippen LogP contribution >= 0.6 is 43.5 Å². The first kappa shape index (κ1) is 13.0. The number of fused-ring (bicyclic) bond motifs is 1. The second-order valence-electron chi connectivity index (χ2n) is 4.03. The van der Waals surface area contributed by atoms with Gasteiger partial charge in [-0.1, -0.05) is 27.5 Å². The van der Waals surface area contributed by atoms with Gasteiger partial charge in [-0.05, 0) is 52.3 Å². The number of hydrogen-bond donors (Lipinski definition) is 1. The summed E-state index contributed by atoms with van der Waals surface area (Å²) in [5.41, 5.74) is 8.72. The number of hydrogen-bond acceptors (Lipinski definition) is 2. The van der Waals surface area contributed by atoms with Gasteiger partial charge >= 0.3 is 0 Å². The zero-order valence-corrected chi connectivity index (χ0v) is 13.5. The van der Waals surface area contributed by atoms with Crippen LogP contribution in [0.1, 0.15) is 0 Å². The Hall–Kier alpha value is -1.04. The highest BCUT2D eigenvalue weighted by atomic mass is 79.9. The molecule has 0 bridgehead atoms. The van der Waals surface area contributed by atoms with Crippen LogP contribution in [0.2, 0.25) is 5.02 Å². The lowest BCUT2D eigenvalue weighted by atomic mass is 10.3. The van der Waals surface area contributed by atoms with Crippen LogP contribution in [0.25, 0.3) is 16.7 Å². The summed E-state index contributed by atoms with van der Waals surface area (Å²) in [6, 6.07) is 11.4. The minimum absolute atomic E-state index is 0.441. The number of nitrogens with two attached hydrogens (primary N) is 1. The molecule has 0 aliphatic rings. The molecule has 96 valence electrons. The number of halogens is 3. The largest absolute Gasteiger partial charge is 0.369 e. The third-order valence-electron chi connectivity index (χ3n) is 2.79. The Morgan fingerprint density at radius 2 is 1.89 bits per heavy atom. The molecule has 0 saturated carbocycles. The van der Waals surface area contributed by atoms with E-state index < -0.39 is 0 Å². The molecular formula is C13H8Br2ClN3. The topological polar surface area (TPSA) is 43.8 Å². The predicted molar refractivity (Wildman–Crippen MR) is 85.9 cm³/mol. The molecule has 0 saturated heterocycles. The summed E-state index contributed by atoms with van der Waals surface area (Å²) >= 11 is 12.9. The highest BCUT2D eigenvalue weighted by Gasteiger charge is 2.12. The van der Waals surface area contributed by atoms with E-state index in [0.717, 1.165) is 25.7 Å². The van der Waals surface area contributed by atoms with Gasteiger partial charge < -0.3 is 5.73 Å². The molecule has 0 amide bonds. The summed E-state index contributed by atoms with van der Waals surface area (Å²) in [5, 5.41) is 0.666. The van der Waals surface area contributed by atoms with Crippen molar-refractivity contribution in [1.82, 2.24) is 9.55 Å². The fraction of sp³-hybridized carbons (Fsp3) is 0. The molecule has 1 heterocycles. The van der Waals surface area contributed by atoms with Crippen molar-refractivity contribution < 1.29 is 0 Å². The normalized spacial score (nSPS) is 11.1. The summed E-state index contributed by atoms with van der Waals surface area (Å²) in [7, 11) is 0. The lowest BCUT2D eigenvalue weighted by Gasteiger charge is -2.09. The zero-order valence-electron chi connectivity index (χ0n) is 9.57. The molecule has 0 aliphatic heterocycles. The standard InChI is InChI=1S/C13H8Br2ClN3/c14-7-1-3-10-12(5-7)19(13(17)18-10)11-4-2-8(16)6-9(11)15/h1-6H,(H2,17,18). The van der Waals surface area contributed by atoms with E-state index >= 15 is 0 Å². The van der Waals surface area contributed by atoms with Gasteiger partial charge in [0.05, 0.1) is 16.7 Å². The van der Waals surface area contributed by atoms with Crippen LogP contribution in [0.15, 0.2) is 45.3 Å². The minimum atomic E-state index is 0.441. The summed E-state index contributed by atoms with van der Waals surface area (Å²) in [6.45, 7) is 0. The van der Waals surface area contributed by atoms with Crippen LogP contribution in [-0.2, 0) is 0 Å². The molecule has 0 fully saturated rings. The van der Waals surface area contributed by atoms with Crippen molar-refractivity contribution in [3.05, 3.63) is 50.4 Å². The monoisotopic (exact) mass is 399 g/mol. The van der Waals surface area contributed by atoms with Gasteiger partial charge in [0.2, 0.25) is 5.95 Å². The maximum absolute atomic E-state index is 6.03. The molecule has 3 nitrogen and oxygen atoms in total. The van der Waals surface area contributed by atoms with E-state index in [0.29, 0.717) is 11.0 Å². The van der Waals surface area contributed by atoms with Gasteiger partial charge in [-0.3, -0.25) is 4.57 Å². The lowest BCUT2D eigenvalue weighted by Crippen LogP contribution is -2.01. The van der Waals surface area contributed by atoms with E-state index in [9.17, 15) is 0 Å². The number of rotatable bonds is 1. The summed E-state index contributed by atoms with van der Waals surface area (Å²) in [4.78, 5) is 4.36. The Morgan fingerprint density at radius 3 is 2.63 bits per heavy atom. The fourth-order valence-corrected chi connectivity index (χ4v) is 3.19. The van der Waals surface area contributed by atoms with Gasteiger partial charge in [-0.2, -0.15) is 0 Å². The number of nitrogens with zero attached hydrogens (tertiary/aromatic N) is 2. The molecular weight excluding hydrogens is 393 g/mol. The number of imidazole rings is 1. The molecule has 0 aliphatic carbocycles. The van der Waals surface area contributed by atoms with Crippen molar-refractivity contribution in [2.45, 2.75) is 0 Å². The van der Waals surface area contributed by atoms with Gasteiger partial charge in [0.1, 0.15) is 0 Å². The highest BCUT2D eigenvalue weighted by molar-refractivity contribution is 9.10. The third-order valence-corrected chi connectivity index (χ3v) is 4.16. The van der Waals surface area contributed by atoms with Crippen LogP contribution in [-0.4, -0.2) is 9.55 Å². The molecule has 2 N–H and O–H groups in total. The summed E-state index contributed by atoms with van der Waals surface area (Å²) < 4.78 is 3.73. The molecule has 19 heavy (non-hydrogen) atoms. The van der Waals surface area contributed by atoms with E-state index in [1.165, 1.54) is 0 Å². The van der Waals surface area contributed by atoms with Crippen molar-refractivity contribution in [2.24, 2.45) is 0 Å². The Morgan fingerprint density at radius 1 is 1.11 bits per heavy atom. The van der Waals surface area contributed by atoms with E-state index in [4.69, 9.17) is 17.3 Å². The van der Waals surface area contributed by atoms with Crippen molar-refractivity contribution in [2.75, 3.05) is 5.73 Å². The average molecular weight is 401 g/mol. The van der Waals surface area contributed by atoms with Crippen LogP contribution in [0.4, 0.5) is 5.95 Å². The first-order valence-electron chi connectivity index (χ1n) is 5.45. The minimum Gasteiger partial charge on any atom is -0.369 e. The molecule has 3 rings (SSSR count). The first-order chi connectivity index (χ1) is 9.06. The van der Waals surface area contributed by atoms with E-state index in [1.807, 2.05) is 41.0 Å². The zero-order chi connectivity index (χ0) is 13.6. The van der Waals surface area contributed by atoms with Gasteiger partial charge in [0.25, 0.3) is 0 Å². The summed E-state index contributed by atoms with van der Waals surface area (Å²) in [5.74, 6) is 0.441. The molecule has 0 radical (unpaired) electrons. The third kappa shape index (κ3) is 2.26. The van der Waals surface area contributed by atoms with Crippen molar-refractivity contribution in [3.63, 3.8) is 0 Å². The van der Waals surface area contributed by atoms with Gasteiger partial charge in [0.15, 0.2) is 0 Å². The molecule has 6 heteroatoms. The number of aromatic nitrogens is 2. The second kappa shape index (κ2) is 4.81. The Balaban J connectivity index is 2.35. The molecule has 3 aromatic rings. The smallest absolute Gasteiger partial charge is 0.205 e. The first-order valence-corrected chi connectivity index (χ1v) is 7.41. The Bertz CT molecular complexity index is 783. The highest BCUT2D eigenvalue weighted by Crippen LogP contribution is 2.31. The Kier molecular flexibility index (Phi) is 3.28. The van der Waals surface area contributed by atoms with Crippen LogP contribution < -0.4 is 5.73 Å². The molecule has 1 aromatic heterocycles. The Labute approximate surface area is 131 Å². The van der Waals surface area contributed by atoms with Crippen LogP contribution in [0, 0.1) is 0 Å². The van der Waals surface area contributed by atoms with E-state index in [2.05, 4.69) is 36.8 Å². The number of nitrogen functional groups attached to an aromatic ring is 1. The predicted octanol–water partition coefficient (Wildman–Crippen LogP) is 4.79. The van der Waals surface area contributed by atoms with E-state index in [1.54, 1.807) is 0 Å². The van der Waals surface area contributed by atoms with Crippen molar-refractivity contribution in [1.29, 1.82) is 0 Å². The van der Waals surface area contributed by atoms with Gasteiger partial charge in [-0.15, -0.1) is 0 Å². The lowest BCUT2D eigenvalue weighted by molar-refractivity contribution is 1.10. The van der Waals surface area contributed by atoms with Gasteiger partial charge in [-0.25, -0.2) is 4.98 Å². The molecule has 0 atom stereocenters. The van der Waals surface area contributed by atoms with E-state index in [-0.39, 0.29) is 0 Å². The van der Waals surface area contributed by atoms with Gasteiger partial charge in [0, 0.05) is 14.0 Å². The van der Waals surface area contributed by atoms with Crippen molar-refractivity contribution in [3.8, 4) is 5.69 Å². The molecule has 0 spiro atoms. The maximum Gasteiger partial charge on any atom is 0.205 e. The quantitative estimate of drug-likeness (QED) is 0.637. The maximum atomic E-state index is 6.03. The fourth-order valence-electron chi connectivity index (χ4n) is 1.98. The average Bonchev–Trinajstić information content (AvgIpc) is 2.65. The SMILES string of the molecule is Nc1nc2ccc(Br)cc2n1-c1ccc(Cl)cc1Br. The second-order valence-corrected chi connectivity index (χ2v) is 6.24. The number of anilines is 1. The molecule has 2 aromatic carbocycles. The summed E-state index contributed by atoms with van der Waals surface area (Å²) in [6.07, 6.45) is 0. The number of benzene rings is 2. The van der Waals surface area contributed by atoms with Crippen LogP contribution in [0.3, 0.4) is 0 Å².